The number of rotatable bonds is 2. The highest BCUT2D eigenvalue weighted by atomic mass is 79.9. The number of nitrogens with one attached hydrogen (secondary N) is 1. The van der Waals surface area contributed by atoms with Crippen LogP contribution >= 0.6 is 15.9 Å². The molecule has 0 saturated heterocycles. The van der Waals surface area contributed by atoms with Gasteiger partial charge in [-0.15, -0.1) is 0 Å². The summed E-state index contributed by atoms with van der Waals surface area (Å²) in [5, 5.41) is 2.76. The van der Waals surface area contributed by atoms with Crippen LogP contribution in [0.2, 0.25) is 0 Å². The Bertz CT molecular complexity index is 688. The van der Waals surface area contributed by atoms with Gasteiger partial charge in [0, 0.05) is 17.7 Å². The molecule has 1 aliphatic heterocycles. The van der Waals surface area contributed by atoms with E-state index in [-0.39, 0.29) is 11.5 Å². The van der Waals surface area contributed by atoms with Gasteiger partial charge in [-0.1, -0.05) is 0 Å². The van der Waals surface area contributed by atoms with Crippen LogP contribution in [0.3, 0.4) is 0 Å². The summed E-state index contributed by atoms with van der Waals surface area (Å²) < 4.78 is 19.2. The maximum absolute atomic E-state index is 13.4. The second-order valence-corrected chi connectivity index (χ2v) is 5.36. The second kappa shape index (κ2) is 5.25. The molecule has 0 aromatic heterocycles. The fourth-order valence-corrected chi connectivity index (χ4v) is 2.35. The third-order valence-corrected chi connectivity index (χ3v) is 3.77. The van der Waals surface area contributed by atoms with Crippen molar-refractivity contribution in [1.29, 1.82) is 0 Å². The Balaban J connectivity index is 1.80. The monoisotopic (exact) mass is 335 g/mol. The van der Waals surface area contributed by atoms with Crippen LogP contribution in [0.25, 0.3) is 0 Å². The number of ether oxygens (including phenoxy) is 1. The Labute approximate surface area is 123 Å². The van der Waals surface area contributed by atoms with Gasteiger partial charge in [0.25, 0.3) is 5.91 Å². The molecule has 3 rings (SSSR count). The summed E-state index contributed by atoms with van der Waals surface area (Å²) in [7, 11) is 0. The molecule has 0 spiro atoms. The molecule has 0 unspecified atom stereocenters. The van der Waals surface area contributed by atoms with E-state index in [1.54, 1.807) is 12.1 Å². The summed E-state index contributed by atoms with van der Waals surface area (Å²) in [5.74, 6) is 0.0629. The minimum absolute atomic E-state index is 0.280. The number of hydrogen-bond acceptors (Lipinski definition) is 2. The molecule has 0 radical (unpaired) electrons. The standard InChI is InChI=1S/C15H11BrFNO2/c16-12-3-1-10(8-13(12)17)15(19)18-11-2-4-14-9(7-11)5-6-20-14/h1-4,7-8H,5-6H2,(H,18,19). The molecular weight excluding hydrogens is 325 g/mol. The fraction of sp³-hybridized carbons (Fsp3) is 0.133. The Morgan fingerprint density at radius 2 is 2.10 bits per heavy atom. The number of amides is 1. The summed E-state index contributed by atoms with van der Waals surface area (Å²) >= 11 is 3.06. The Kier molecular flexibility index (Phi) is 3.44. The average Bonchev–Trinajstić information content (AvgIpc) is 2.89. The highest BCUT2D eigenvalue weighted by Crippen LogP contribution is 2.28. The molecule has 1 heterocycles. The van der Waals surface area contributed by atoms with Crippen LogP contribution in [-0.2, 0) is 6.42 Å². The first-order valence-electron chi connectivity index (χ1n) is 6.15. The zero-order valence-electron chi connectivity index (χ0n) is 10.5. The molecule has 0 aliphatic carbocycles. The lowest BCUT2D eigenvalue weighted by molar-refractivity contribution is 0.102. The normalized spacial score (nSPS) is 12.7. The van der Waals surface area contributed by atoms with E-state index < -0.39 is 5.82 Å². The SMILES string of the molecule is O=C(Nc1ccc2c(c1)CCO2)c1ccc(Br)c(F)c1. The quantitative estimate of drug-likeness (QED) is 0.907. The van der Waals surface area contributed by atoms with E-state index in [2.05, 4.69) is 21.2 Å². The smallest absolute Gasteiger partial charge is 0.255 e. The van der Waals surface area contributed by atoms with E-state index >= 15 is 0 Å². The van der Waals surface area contributed by atoms with E-state index in [1.807, 2.05) is 12.1 Å². The maximum atomic E-state index is 13.4. The first kappa shape index (κ1) is 13.1. The third kappa shape index (κ3) is 2.54. The van der Waals surface area contributed by atoms with Crippen LogP contribution in [0, 0.1) is 5.82 Å². The Morgan fingerprint density at radius 3 is 2.90 bits per heavy atom. The van der Waals surface area contributed by atoms with Crippen molar-refractivity contribution in [3.05, 3.63) is 57.8 Å². The maximum Gasteiger partial charge on any atom is 0.255 e. The zero-order valence-corrected chi connectivity index (χ0v) is 12.0. The van der Waals surface area contributed by atoms with Crippen LogP contribution < -0.4 is 10.1 Å². The minimum Gasteiger partial charge on any atom is -0.493 e. The van der Waals surface area contributed by atoms with Gasteiger partial charge in [-0.05, 0) is 57.9 Å². The number of carbonyl (C=O) groups excluding carboxylic acids is 1. The van der Waals surface area contributed by atoms with E-state index in [9.17, 15) is 9.18 Å². The van der Waals surface area contributed by atoms with Crippen molar-refractivity contribution in [3.8, 4) is 5.75 Å². The lowest BCUT2D eigenvalue weighted by Gasteiger charge is -2.07. The van der Waals surface area contributed by atoms with Crippen molar-refractivity contribution in [2.75, 3.05) is 11.9 Å². The predicted octanol–water partition coefficient (Wildman–Crippen LogP) is 3.78. The van der Waals surface area contributed by atoms with Crippen molar-refractivity contribution in [1.82, 2.24) is 0 Å². The van der Waals surface area contributed by atoms with Gasteiger partial charge in [0.1, 0.15) is 11.6 Å². The largest absolute Gasteiger partial charge is 0.493 e. The first-order chi connectivity index (χ1) is 9.63. The summed E-state index contributed by atoms with van der Waals surface area (Å²) in [4.78, 5) is 12.1. The van der Waals surface area contributed by atoms with Crippen LogP contribution in [0.1, 0.15) is 15.9 Å². The third-order valence-electron chi connectivity index (χ3n) is 3.13. The molecule has 1 N–H and O–H groups in total. The van der Waals surface area contributed by atoms with Gasteiger partial charge in [-0.3, -0.25) is 4.79 Å². The van der Waals surface area contributed by atoms with Crippen molar-refractivity contribution in [2.45, 2.75) is 6.42 Å². The summed E-state index contributed by atoms with van der Waals surface area (Å²) in [6, 6.07) is 9.78. The summed E-state index contributed by atoms with van der Waals surface area (Å²) in [5.41, 5.74) is 2.04. The van der Waals surface area contributed by atoms with Crippen LogP contribution in [0.15, 0.2) is 40.9 Å². The van der Waals surface area contributed by atoms with Crippen molar-refractivity contribution < 1.29 is 13.9 Å². The van der Waals surface area contributed by atoms with Crippen LogP contribution in [-0.4, -0.2) is 12.5 Å². The molecule has 5 heteroatoms. The number of anilines is 1. The zero-order chi connectivity index (χ0) is 14.1. The highest BCUT2D eigenvalue weighted by Gasteiger charge is 2.14. The number of benzene rings is 2. The van der Waals surface area contributed by atoms with E-state index in [0.29, 0.717) is 16.8 Å². The minimum atomic E-state index is -0.458. The fourth-order valence-electron chi connectivity index (χ4n) is 2.10. The van der Waals surface area contributed by atoms with E-state index in [4.69, 9.17) is 4.74 Å². The molecule has 2 aromatic rings. The molecule has 0 atom stereocenters. The second-order valence-electron chi connectivity index (χ2n) is 4.50. The van der Waals surface area contributed by atoms with Gasteiger partial charge in [0.2, 0.25) is 0 Å². The van der Waals surface area contributed by atoms with Crippen LogP contribution in [0.5, 0.6) is 5.75 Å². The predicted molar refractivity (Wildman–Crippen MR) is 77.7 cm³/mol. The molecular formula is C15H11BrFNO2. The molecule has 2 aromatic carbocycles. The molecule has 20 heavy (non-hydrogen) atoms. The van der Waals surface area contributed by atoms with Gasteiger partial charge in [-0.2, -0.15) is 0 Å². The molecule has 0 bridgehead atoms. The van der Waals surface area contributed by atoms with E-state index in [1.165, 1.54) is 12.1 Å². The molecule has 0 fully saturated rings. The molecule has 102 valence electrons. The number of halogens is 2. The van der Waals surface area contributed by atoms with Crippen molar-refractivity contribution in [2.24, 2.45) is 0 Å². The van der Waals surface area contributed by atoms with Gasteiger partial charge in [0.05, 0.1) is 11.1 Å². The van der Waals surface area contributed by atoms with Gasteiger partial charge in [-0.25, -0.2) is 4.39 Å². The topological polar surface area (TPSA) is 38.3 Å². The van der Waals surface area contributed by atoms with Crippen LogP contribution in [0.4, 0.5) is 10.1 Å². The van der Waals surface area contributed by atoms with Crippen molar-refractivity contribution in [3.63, 3.8) is 0 Å². The first-order valence-corrected chi connectivity index (χ1v) is 6.95. The molecule has 3 nitrogen and oxygen atoms in total. The summed E-state index contributed by atoms with van der Waals surface area (Å²) in [6.45, 7) is 0.671. The average molecular weight is 336 g/mol. The Hall–Kier alpha value is -1.88. The molecule has 0 saturated carbocycles. The number of fused-ring (bicyclic) bond motifs is 1. The molecule has 1 amide bonds. The van der Waals surface area contributed by atoms with Gasteiger partial charge in [0.15, 0.2) is 0 Å². The summed E-state index contributed by atoms with van der Waals surface area (Å²) in [6.07, 6.45) is 0.839. The molecule has 1 aliphatic rings. The van der Waals surface area contributed by atoms with Gasteiger partial charge < -0.3 is 10.1 Å². The highest BCUT2D eigenvalue weighted by molar-refractivity contribution is 9.10. The van der Waals surface area contributed by atoms with Gasteiger partial charge >= 0.3 is 0 Å². The number of hydrogen-bond donors (Lipinski definition) is 1. The lowest BCUT2D eigenvalue weighted by Crippen LogP contribution is -2.12. The van der Waals surface area contributed by atoms with Crippen molar-refractivity contribution >= 4 is 27.5 Å². The Morgan fingerprint density at radius 1 is 1.25 bits per heavy atom. The van der Waals surface area contributed by atoms with E-state index in [0.717, 1.165) is 17.7 Å². The number of carbonyl (C=O) groups is 1. The lowest BCUT2D eigenvalue weighted by atomic mass is 10.1.